The molecule has 0 saturated carbocycles. The Kier molecular flexibility index (Phi) is 6.26. The van der Waals surface area contributed by atoms with Crippen LogP contribution in [0, 0.1) is 5.92 Å². The molecule has 0 atom stereocenters. The van der Waals surface area contributed by atoms with E-state index in [1.54, 1.807) is 11.3 Å². The van der Waals surface area contributed by atoms with Gasteiger partial charge in [-0.25, -0.2) is 0 Å². The van der Waals surface area contributed by atoms with Gasteiger partial charge in [0, 0.05) is 15.9 Å². The summed E-state index contributed by atoms with van der Waals surface area (Å²) in [5.41, 5.74) is 1.36. The molecule has 16 heavy (non-hydrogen) atoms. The van der Waals surface area contributed by atoms with E-state index in [2.05, 4.69) is 70.1 Å². The highest BCUT2D eigenvalue weighted by atomic mass is 79.9. The lowest BCUT2D eigenvalue weighted by Gasteiger charge is -2.07. The number of halogens is 2. The SMILES string of the molecule is CC(=Cc1cc(Br)c(Br)s1)CNCC(C)C. The predicted octanol–water partition coefficient (Wildman–Crippen LogP) is 4.92. The molecule has 1 nitrogen and oxygen atoms in total. The first-order valence-electron chi connectivity index (χ1n) is 5.31. The average Bonchev–Trinajstić information content (AvgIpc) is 2.44. The number of thiophene rings is 1. The lowest BCUT2D eigenvalue weighted by atomic mass is 10.2. The topological polar surface area (TPSA) is 12.0 Å². The molecule has 0 aromatic carbocycles. The Bertz CT molecular complexity index is 350. The van der Waals surface area contributed by atoms with Crippen LogP contribution in [0.15, 0.2) is 19.9 Å². The molecule has 0 aliphatic heterocycles. The molecule has 0 radical (unpaired) electrons. The first kappa shape index (κ1) is 14.4. The predicted molar refractivity (Wildman–Crippen MR) is 81.1 cm³/mol. The fourth-order valence-electron chi connectivity index (χ4n) is 1.29. The van der Waals surface area contributed by atoms with Crippen LogP contribution in [-0.2, 0) is 0 Å². The lowest BCUT2D eigenvalue weighted by molar-refractivity contribution is 0.572. The highest BCUT2D eigenvalue weighted by Gasteiger charge is 2.02. The Morgan fingerprint density at radius 2 is 2.19 bits per heavy atom. The fraction of sp³-hybridized carbons (Fsp3) is 0.500. The van der Waals surface area contributed by atoms with Gasteiger partial charge in [-0.2, -0.15) is 0 Å². The molecule has 0 aliphatic rings. The van der Waals surface area contributed by atoms with E-state index in [1.165, 1.54) is 10.5 Å². The van der Waals surface area contributed by atoms with Crippen molar-refractivity contribution in [1.29, 1.82) is 0 Å². The molecule has 0 unspecified atom stereocenters. The van der Waals surface area contributed by atoms with Gasteiger partial charge in [0.2, 0.25) is 0 Å². The molecule has 0 saturated heterocycles. The van der Waals surface area contributed by atoms with E-state index in [4.69, 9.17) is 0 Å². The van der Waals surface area contributed by atoms with Crippen LogP contribution in [0.2, 0.25) is 0 Å². The van der Waals surface area contributed by atoms with Crippen LogP contribution >= 0.6 is 43.2 Å². The van der Waals surface area contributed by atoms with Crippen molar-refractivity contribution in [2.45, 2.75) is 20.8 Å². The summed E-state index contributed by atoms with van der Waals surface area (Å²) in [5.74, 6) is 0.706. The Hall–Kier alpha value is 0.360. The second-order valence-electron chi connectivity index (χ2n) is 4.29. The van der Waals surface area contributed by atoms with Crippen LogP contribution in [0.3, 0.4) is 0 Å². The molecule has 0 fully saturated rings. The molecule has 1 N–H and O–H groups in total. The van der Waals surface area contributed by atoms with E-state index in [0.29, 0.717) is 5.92 Å². The Labute approximate surface area is 119 Å². The van der Waals surface area contributed by atoms with Gasteiger partial charge < -0.3 is 5.32 Å². The maximum Gasteiger partial charge on any atom is 0.0846 e. The van der Waals surface area contributed by atoms with Crippen LogP contribution < -0.4 is 5.32 Å². The molecular formula is C12H17Br2NS. The maximum atomic E-state index is 3.50. The molecule has 90 valence electrons. The van der Waals surface area contributed by atoms with E-state index < -0.39 is 0 Å². The highest BCUT2D eigenvalue weighted by molar-refractivity contribution is 9.13. The molecule has 1 aromatic heterocycles. The maximum absolute atomic E-state index is 3.50. The zero-order valence-electron chi connectivity index (χ0n) is 9.81. The number of nitrogens with one attached hydrogen (secondary N) is 1. The van der Waals surface area contributed by atoms with Crippen molar-refractivity contribution in [1.82, 2.24) is 5.32 Å². The number of rotatable bonds is 5. The van der Waals surface area contributed by atoms with Crippen molar-refractivity contribution >= 4 is 49.3 Å². The van der Waals surface area contributed by atoms with Gasteiger partial charge in [-0.3, -0.25) is 0 Å². The molecule has 1 aromatic rings. The van der Waals surface area contributed by atoms with Gasteiger partial charge in [-0.1, -0.05) is 19.4 Å². The van der Waals surface area contributed by atoms with Crippen molar-refractivity contribution < 1.29 is 0 Å². The van der Waals surface area contributed by atoms with Crippen LogP contribution in [0.25, 0.3) is 6.08 Å². The van der Waals surface area contributed by atoms with Crippen molar-refractivity contribution in [3.63, 3.8) is 0 Å². The standard InChI is InChI=1S/C12H17Br2NS/c1-8(2)6-15-7-9(3)4-10-5-11(13)12(14)16-10/h4-5,8,15H,6-7H2,1-3H3. The molecule has 0 bridgehead atoms. The summed E-state index contributed by atoms with van der Waals surface area (Å²) in [7, 11) is 0. The number of hydrogen-bond donors (Lipinski definition) is 1. The minimum atomic E-state index is 0.706. The van der Waals surface area contributed by atoms with Gasteiger partial charge in [0.05, 0.1) is 3.79 Å². The van der Waals surface area contributed by atoms with Crippen molar-refractivity contribution in [3.8, 4) is 0 Å². The van der Waals surface area contributed by atoms with Gasteiger partial charge in [-0.05, 0) is 63.4 Å². The quantitative estimate of drug-likeness (QED) is 0.779. The molecule has 4 heteroatoms. The molecule has 0 aliphatic carbocycles. The largest absolute Gasteiger partial charge is 0.313 e. The monoisotopic (exact) mass is 365 g/mol. The van der Waals surface area contributed by atoms with Gasteiger partial charge in [0.15, 0.2) is 0 Å². The molecule has 0 amide bonds. The lowest BCUT2D eigenvalue weighted by Crippen LogP contribution is -2.21. The van der Waals surface area contributed by atoms with E-state index in [-0.39, 0.29) is 0 Å². The van der Waals surface area contributed by atoms with Gasteiger partial charge in [0.25, 0.3) is 0 Å². The van der Waals surface area contributed by atoms with Crippen molar-refractivity contribution in [2.24, 2.45) is 5.92 Å². The fourth-order valence-corrected chi connectivity index (χ4v) is 3.40. The normalized spacial score (nSPS) is 12.5. The minimum Gasteiger partial charge on any atom is -0.313 e. The molecule has 1 rings (SSSR count). The van der Waals surface area contributed by atoms with Crippen molar-refractivity contribution in [3.05, 3.63) is 24.8 Å². The van der Waals surface area contributed by atoms with Gasteiger partial charge in [0.1, 0.15) is 0 Å². The first-order valence-corrected chi connectivity index (χ1v) is 7.72. The Morgan fingerprint density at radius 3 is 2.69 bits per heavy atom. The third kappa shape index (κ3) is 5.13. The van der Waals surface area contributed by atoms with Crippen molar-refractivity contribution in [2.75, 3.05) is 13.1 Å². The second kappa shape index (κ2) is 6.94. The summed E-state index contributed by atoms with van der Waals surface area (Å²) in [5, 5.41) is 3.44. The zero-order valence-corrected chi connectivity index (χ0v) is 13.8. The Balaban J connectivity index is 2.49. The third-order valence-electron chi connectivity index (χ3n) is 2.01. The van der Waals surface area contributed by atoms with Crippen LogP contribution in [0.1, 0.15) is 25.6 Å². The molecule has 1 heterocycles. The summed E-state index contributed by atoms with van der Waals surface area (Å²) in [6, 6.07) is 2.14. The number of hydrogen-bond acceptors (Lipinski definition) is 2. The van der Waals surface area contributed by atoms with E-state index in [0.717, 1.165) is 21.3 Å². The van der Waals surface area contributed by atoms with Crippen LogP contribution in [0.5, 0.6) is 0 Å². The summed E-state index contributed by atoms with van der Waals surface area (Å²) in [6.45, 7) is 8.64. The smallest absolute Gasteiger partial charge is 0.0846 e. The van der Waals surface area contributed by atoms with E-state index >= 15 is 0 Å². The van der Waals surface area contributed by atoms with Gasteiger partial charge in [-0.15, -0.1) is 11.3 Å². The zero-order chi connectivity index (χ0) is 12.1. The first-order chi connectivity index (χ1) is 7.49. The van der Waals surface area contributed by atoms with Crippen LogP contribution in [-0.4, -0.2) is 13.1 Å². The van der Waals surface area contributed by atoms with Gasteiger partial charge >= 0.3 is 0 Å². The Morgan fingerprint density at radius 1 is 1.50 bits per heavy atom. The summed E-state index contributed by atoms with van der Waals surface area (Å²) in [6.07, 6.45) is 2.23. The average molecular weight is 367 g/mol. The van der Waals surface area contributed by atoms with E-state index in [1.807, 2.05) is 0 Å². The summed E-state index contributed by atoms with van der Waals surface area (Å²) in [4.78, 5) is 1.28. The molecular weight excluding hydrogens is 350 g/mol. The summed E-state index contributed by atoms with van der Waals surface area (Å²) >= 11 is 8.75. The highest BCUT2D eigenvalue weighted by Crippen LogP contribution is 2.33. The third-order valence-corrected chi connectivity index (χ3v) is 5.21. The minimum absolute atomic E-state index is 0.706. The molecule has 0 spiro atoms. The van der Waals surface area contributed by atoms with Crippen LogP contribution in [0.4, 0.5) is 0 Å². The van der Waals surface area contributed by atoms with E-state index in [9.17, 15) is 0 Å². The summed E-state index contributed by atoms with van der Waals surface area (Å²) < 4.78 is 2.29. The second-order valence-corrected chi connectivity index (χ2v) is 7.54.